The number of carbonyl (C=O) groups excluding carboxylic acids is 1. The maximum Gasteiger partial charge on any atom is 0.311 e. The van der Waals surface area contributed by atoms with E-state index < -0.39 is 0 Å². The van der Waals surface area contributed by atoms with Gasteiger partial charge in [-0.25, -0.2) is 0 Å². The van der Waals surface area contributed by atoms with Crippen LogP contribution in [0.15, 0.2) is 42.7 Å². The highest BCUT2D eigenvalue weighted by molar-refractivity contribution is 5.73. The smallest absolute Gasteiger partial charge is 0.311 e. The number of carbonyl (C=O) groups is 1. The fourth-order valence-electron chi connectivity index (χ4n) is 3.35. The summed E-state index contributed by atoms with van der Waals surface area (Å²) in [5.74, 6) is 1.35. The summed E-state index contributed by atoms with van der Waals surface area (Å²) in [6.07, 6.45) is 6.07. The Hall–Kier alpha value is -2.56. The van der Waals surface area contributed by atoms with Crippen LogP contribution in [0.2, 0.25) is 0 Å². The van der Waals surface area contributed by atoms with Crippen molar-refractivity contribution in [2.24, 2.45) is 0 Å². The Morgan fingerprint density at radius 1 is 1.20 bits per heavy atom. The summed E-state index contributed by atoms with van der Waals surface area (Å²) in [6.45, 7) is 3.75. The molecule has 132 valence electrons. The minimum absolute atomic E-state index is 0.247. The molecule has 1 fully saturated rings. The van der Waals surface area contributed by atoms with E-state index in [1.165, 1.54) is 5.69 Å². The van der Waals surface area contributed by atoms with Gasteiger partial charge in [0.25, 0.3) is 0 Å². The van der Waals surface area contributed by atoms with Crippen LogP contribution in [0.4, 0.5) is 5.69 Å². The molecule has 0 saturated carbocycles. The summed E-state index contributed by atoms with van der Waals surface area (Å²) in [5.41, 5.74) is 2.34. The third-order valence-corrected chi connectivity index (χ3v) is 4.69. The SMILES string of the molecule is CCC(=O)Oc1cccc(C2CCN(c3ccncc3)CC2)c1OC. The van der Waals surface area contributed by atoms with Crippen molar-refractivity contribution in [2.45, 2.75) is 32.1 Å². The zero-order chi connectivity index (χ0) is 17.6. The van der Waals surface area contributed by atoms with Crippen LogP contribution in [-0.2, 0) is 4.79 Å². The molecule has 0 radical (unpaired) electrons. The second kappa shape index (κ2) is 8.01. The topological polar surface area (TPSA) is 51.7 Å². The third kappa shape index (κ3) is 3.92. The molecular formula is C20H24N2O3. The number of piperidine rings is 1. The highest BCUT2D eigenvalue weighted by Gasteiger charge is 2.25. The van der Waals surface area contributed by atoms with E-state index in [2.05, 4.69) is 16.0 Å². The standard InChI is InChI=1S/C20H24N2O3/c1-3-19(23)25-18-6-4-5-17(20(18)24-2)15-9-13-22(14-10-15)16-7-11-21-12-8-16/h4-8,11-12,15H,3,9-10,13-14H2,1-2H3. The number of hydrogen-bond acceptors (Lipinski definition) is 5. The molecule has 0 bridgehead atoms. The van der Waals surface area contributed by atoms with E-state index >= 15 is 0 Å². The number of pyridine rings is 1. The number of hydrogen-bond donors (Lipinski definition) is 0. The molecule has 1 aromatic heterocycles. The molecule has 1 aromatic carbocycles. The summed E-state index contributed by atoms with van der Waals surface area (Å²) in [4.78, 5) is 18.1. The number of aromatic nitrogens is 1. The Morgan fingerprint density at radius 2 is 1.92 bits per heavy atom. The van der Waals surface area contributed by atoms with Crippen molar-refractivity contribution >= 4 is 11.7 Å². The molecule has 3 rings (SSSR count). The van der Waals surface area contributed by atoms with Gasteiger partial charge in [0, 0.05) is 43.2 Å². The summed E-state index contributed by atoms with van der Waals surface area (Å²) >= 11 is 0. The molecule has 1 aliphatic rings. The molecule has 2 aromatic rings. The number of rotatable bonds is 5. The summed E-state index contributed by atoms with van der Waals surface area (Å²) in [7, 11) is 1.63. The first kappa shape index (κ1) is 17.3. The van der Waals surface area contributed by atoms with Crippen LogP contribution < -0.4 is 14.4 Å². The molecule has 0 N–H and O–H groups in total. The molecule has 0 spiro atoms. The van der Waals surface area contributed by atoms with Gasteiger partial charge < -0.3 is 14.4 Å². The van der Waals surface area contributed by atoms with Gasteiger partial charge in [-0.3, -0.25) is 9.78 Å². The summed E-state index contributed by atoms with van der Waals surface area (Å²) in [6, 6.07) is 9.90. The van der Waals surface area contributed by atoms with Crippen molar-refractivity contribution in [2.75, 3.05) is 25.1 Å². The van der Waals surface area contributed by atoms with Gasteiger partial charge in [-0.15, -0.1) is 0 Å². The van der Waals surface area contributed by atoms with E-state index in [9.17, 15) is 4.79 Å². The lowest BCUT2D eigenvalue weighted by molar-refractivity contribution is -0.134. The first-order valence-electron chi connectivity index (χ1n) is 8.75. The molecular weight excluding hydrogens is 316 g/mol. The number of benzene rings is 1. The van der Waals surface area contributed by atoms with Gasteiger partial charge in [-0.2, -0.15) is 0 Å². The van der Waals surface area contributed by atoms with Gasteiger partial charge >= 0.3 is 5.97 Å². The van der Waals surface area contributed by atoms with E-state index in [1.54, 1.807) is 20.1 Å². The van der Waals surface area contributed by atoms with Gasteiger partial charge in [-0.1, -0.05) is 19.1 Å². The van der Waals surface area contributed by atoms with Crippen molar-refractivity contribution < 1.29 is 14.3 Å². The number of nitrogens with zero attached hydrogens (tertiary/aromatic N) is 2. The highest BCUT2D eigenvalue weighted by Crippen LogP contribution is 2.40. The zero-order valence-corrected chi connectivity index (χ0v) is 14.8. The van der Waals surface area contributed by atoms with Gasteiger partial charge in [0.05, 0.1) is 7.11 Å². The molecule has 25 heavy (non-hydrogen) atoms. The number of methoxy groups -OCH3 is 1. The number of ether oxygens (including phenoxy) is 2. The van der Waals surface area contributed by atoms with E-state index in [0.717, 1.165) is 31.5 Å². The summed E-state index contributed by atoms with van der Waals surface area (Å²) in [5, 5.41) is 0. The van der Waals surface area contributed by atoms with Crippen molar-refractivity contribution in [1.82, 2.24) is 4.98 Å². The Balaban J connectivity index is 1.74. The third-order valence-electron chi connectivity index (χ3n) is 4.69. The predicted molar refractivity (Wildman–Crippen MR) is 97.3 cm³/mol. The van der Waals surface area contributed by atoms with Crippen molar-refractivity contribution in [3.8, 4) is 11.5 Å². The van der Waals surface area contributed by atoms with Crippen LogP contribution in [0, 0.1) is 0 Å². The molecule has 5 heteroatoms. The average Bonchev–Trinajstić information content (AvgIpc) is 2.68. The Bertz CT molecular complexity index is 710. The molecule has 0 amide bonds. The first-order valence-corrected chi connectivity index (χ1v) is 8.75. The van der Waals surface area contributed by atoms with Crippen LogP contribution in [0.5, 0.6) is 11.5 Å². The molecule has 5 nitrogen and oxygen atoms in total. The first-order chi connectivity index (χ1) is 12.2. The normalized spacial score (nSPS) is 15.0. The molecule has 0 unspecified atom stereocenters. The molecule has 1 saturated heterocycles. The second-order valence-corrected chi connectivity index (χ2v) is 6.17. The molecule has 0 atom stereocenters. The number of para-hydroxylation sites is 1. The quantitative estimate of drug-likeness (QED) is 0.612. The van der Waals surface area contributed by atoms with Crippen LogP contribution in [0.25, 0.3) is 0 Å². The van der Waals surface area contributed by atoms with Crippen LogP contribution in [0.3, 0.4) is 0 Å². The van der Waals surface area contributed by atoms with Crippen molar-refractivity contribution in [3.63, 3.8) is 0 Å². The zero-order valence-electron chi connectivity index (χ0n) is 14.8. The highest BCUT2D eigenvalue weighted by atomic mass is 16.6. The average molecular weight is 340 g/mol. The lowest BCUT2D eigenvalue weighted by Crippen LogP contribution is -2.32. The minimum Gasteiger partial charge on any atom is -0.493 e. The van der Waals surface area contributed by atoms with Crippen LogP contribution in [0.1, 0.15) is 37.7 Å². The molecule has 0 aliphatic carbocycles. The maximum atomic E-state index is 11.6. The minimum atomic E-state index is -0.247. The van der Waals surface area contributed by atoms with Gasteiger partial charge in [0.2, 0.25) is 0 Å². The monoisotopic (exact) mass is 340 g/mol. The van der Waals surface area contributed by atoms with E-state index in [1.807, 2.05) is 30.6 Å². The Kier molecular flexibility index (Phi) is 5.53. The molecule has 1 aliphatic heterocycles. The Morgan fingerprint density at radius 3 is 2.56 bits per heavy atom. The van der Waals surface area contributed by atoms with Gasteiger partial charge in [-0.05, 0) is 37.0 Å². The van der Waals surface area contributed by atoms with Crippen LogP contribution in [-0.4, -0.2) is 31.2 Å². The lowest BCUT2D eigenvalue weighted by Gasteiger charge is -2.34. The fraction of sp³-hybridized carbons (Fsp3) is 0.400. The van der Waals surface area contributed by atoms with Gasteiger partial charge in [0.1, 0.15) is 0 Å². The van der Waals surface area contributed by atoms with Crippen molar-refractivity contribution in [3.05, 3.63) is 48.3 Å². The lowest BCUT2D eigenvalue weighted by atomic mass is 9.88. The van der Waals surface area contributed by atoms with E-state index in [-0.39, 0.29) is 5.97 Å². The van der Waals surface area contributed by atoms with Gasteiger partial charge in [0.15, 0.2) is 11.5 Å². The number of anilines is 1. The molecule has 2 heterocycles. The van der Waals surface area contributed by atoms with E-state index in [4.69, 9.17) is 9.47 Å². The van der Waals surface area contributed by atoms with Crippen molar-refractivity contribution in [1.29, 1.82) is 0 Å². The largest absolute Gasteiger partial charge is 0.493 e. The fourth-order valence-corrected chi connectivity index (χ4v) is 3.35. The summed E-state index contributed by atoms with van der Waals surface area (Å²) < 4.78 is 11.0. The van der Waals surface area contributed by atoms with Crippen LogP contribution >= 0.6 is 0 Å². The Labute approximate surface area is 148 Å². The van der Waals surface area contributed by atoms with E-state index in [0.29, 0.717) is 23.8 Å². The predicted octanol–water partition coefficient (Wildman–Crippen LogP) is 3.79. The maximum absolute atomic E-state index is 11.6. The number of esters is 1. The second-order valence-electron chi connectivity index (χ2n) is 6.17.